The molecule has 94 valence electrons. The standard InChI is InChI=1S/C12H17NO3S/c1-5-12(3,4)11(16)13-8-6-7(2)9(17-8)10(14)15/h6H,5H2,1-4H3,(H,13,16)(H,14,15). The van der Waals surface area contributed by atoms with E-state index in [-0.39, 0.29) is 10.8 Å². The van der Waals surface area contributed by atoms with Gasteiger partial charge in [0.15, 0.2) is 0 Å². The van der Waals surface area contributed by atoms with Gasteiger partial charge in [-0.1, -0.05) is 20.8 Å². The number of carbonyl (C=O) groups excluding carboxylic acids is 1. The van der Waals surface area contributed by atoms with Gasteiger partial charge in [0, 0.05) is 5.41 Å². The number of hydrogen-bond acceptors (Lipinski definition) is 3. The van der Waals surface area contributed by atoms with Crippen molar-refractivity contribution in [3.05, 3.63) is 16.5 Å². The van der Waals surface area contributed by atoms with Crippen molar-refractivity contribution in [2.45, 2.75) is 34.1 Å². The Kier molecular flexibility index (Phi) is 3.93. The number of aromatic carboxylic acids is 1. The summed E-state index contributed by atoms with van der Waals surface area (Å²) in [4.78, 5) is 23.0. The van der Waals surface area contributed by atoms with Gasteiger partial charge in [-0.25, -0.2) is 4.79 Å². The first-order valence-electron chi connectivity index (χ1n) is 5.43. The Morgan fingerprint density at radius 3 is 2.47 bits per heavy atom. The first kappa shape index (κ1) is 13.7. The summed E-state index contributed by atoms with van der Waals surface area (Å²) in [7, 11) is 0. The van der Waals surface area contributed by atoms with Gasteiger partial charge in [0.1, 0.15) is 4.88 Å². The third kappa shape index (κ3) is 3.06. The molecule has 0 aliphatic carbocycles. The Labute approximate surface area is 105 Å². The lowest BCUT2D eigenvalue weighted by Gasteiger charge is -2.20. The number of nitrogens with one attached hydrogen (secondary N) is 1. The average molecular weight is 255 g/mol. The van der Waals surface area contributed by atoms with Gasteiger partial charge >= 0.3 is 5.97 Å². The first-order valence-corrected chi connectivity index (χ1v) is 6.24. The van der Waals surface area contributed by atoms with E-state index in [0.717, 1.165) is 17.8 Å². The van der Waals surface area contributed by atoms with Crippen molar-refractivity contribution in [2.75, 3.05) is 5.32 Å². The first-order chi connectivity index (χ1) is 7.77. The molecule has 0 radical (unpaired) electrons. The molecule has 1 aromatic heterocycles. The quantitative estimate of drug-likeness (QED) is 0.868. The molecule has 0 atom stereocenters. The molecule has 4 nitrogen and oxygen atoms in total. The summed E-state index contributed by atoms with van der Waals surface area (Å²) < 4.78 is 0. The van der Waals surface area contributed by atoms with Crippen molar-refractivity contribution in [1.82, 2.24) is 0 Å². The van der Waals surface area contributed by atoms with Crippen LogP contribution in [0.3, 0.4) is 0 Å². The lowest BCUT2D eigenvalue weighted by atomic mass is 9.89. The molecule has 1 rings (SSSR count). The number of aryl methyl sites for hydroxylation is 1. The van der Waals surface area contributed by atoms with Gasteiger partial charge in [0.25, 0.3) is 0 Å². The molecule has 0 saturated heterocycles. The molecule has 0 aliphatic rings. The zero-order chi connectivity index (χ0) is 13.2. The van der Waals surface area contributed by atoms with E-state index < -0.39 is 11.4 Å². The number of rotatable bonds is 4. The van der Waals surface area contributed by atoms with E-state index in [4.69, 9.17) is 5.11 Å². The zero-order valence-corrected chi connectivity index (χ0v) is 11.3. The highest BCUT2D eigenvalue weighted by atomic mass is 32.1. The van der Waals surface area contributed by atoms with E-state index in [0.29, 0.717) is 10.6 Å². The van der Waals surface area contributed by atoms with Crippen LogP contribution in [0.15, 0.2) is 6.07 Å². The van der Waals surface area contributed by atoms with Crippen LogP contribution in [0.25, 0.3) is 0 Å². The monoisotopic (exact) mass is 255 g/mol. The van der Waals surface area contributed by atoms with Crippen LogP contribution < -0.4 is 5.32 Å². The lowest BCUT2D eigenvalue weighted by Crippen LogP contribution is -2.29. The SMILES string of the molecule is CCC(C)(C)C(=O)Nc1cc(C)c(C(=O)O)s1. The number of carboxylic acid groups (broad SMARTS) is 1. The Balaban J connectivity index is 2.87. The maximum Gasteiger partial charge on any atom is 0.346 e. The van der Waals surface area contributed by atoms with Gasteiger partial charge < -0.3 is 10.4 Å². The summed E-state index contributed by atoms with van der Waals surface area (Å²) in [6.07, 6.45) is 0.731. The number of hydrogen-bond donors (Lipinski definition) is 2. The minimum Gasteiger partial charge on any atom is -0.477 e. The van der Waals surface area contributed by atoms with Crippen LogP contribution in [0.2, 0.25) is 0 Å². The largest absolute Gasteiger partial charge is 0.477 e. The second kappa shape index (κ2) is 4.87. The second-order valence-electron chi connectivity index (χ2n) is 4.62. The van der Waals surface area contributed by atoms with Gasteiger partial charge in [-0.3, -0.25) is 4.79 Å². The van der Waals surface area contributed by atoms with Gasteiger partial charge in [0.2, 0.25) is 5.91 Å². The van der Waals surface area contributed by atoms with Crippen molar-refractivity contribution < 1.29 is 14.7 Å². The summed E-state index contributed by atoms with van der Waals surface area (Å²) in [5.41, 5.74) is 0.230. The van der Waals surface area contributed by atoms with Crippen LogP contribution in [0.4, 0.5) is 5.00 Å². The van der Waals surface area contributed by atoms with E-state index >= 15 is 0 Å². The molecule has 1 amide bonds. The minimum atomic E-state index is -0.956. The highest BCUT2D eigenvalue weighted by Gasteiger charge is 2.26. The molecule has 0 spiro atoms. The van der Waals surface area contributed by atoms with Gasteiger partial charge in [-0.05, 0) is 25.0 Å². The van der Waals surface area contributed by atoms with Crippen LogP contribution in [-0.2, 0) is 4.79 Å². The molecule has 1 aromatic rings. The zero-order valence-electron chi connectivity index (χ0n) is 10.5. The maximum atomic E-state index is 11.9. The molecule has 0 aliphatic heterocycles. The Hall–Kier alpha value is -1.36. The third-order valence-corrected chi connectivity index (χ3v) is 3.99. The maximum absolute atomic E-state index is 11.9. The summed E-state index contributed by atoms with van der Waals surface area (Å²) >= 11 is 1.09. The van der Waals surface area contributed by atoms with E-state index in [1.165, 1.54) is 0 Å². The Morgan fingerprint density at radius 1 is 1.47 bits per heavy atom. The molecule has 2 N–H and O–H groups in total. The highest BCUT2D eigenvalue weighted by Crippen LogP contribution is 2.29. The predicted octanol–water partition coefficient (Wildman–Crippen LogP) is 3.13. The highest BCUT2D eigenvalue weighted by molar-refractivity contribution is 7.18. The molecule has 0 fully saturated rings. The van der Waals surface area contributed by atoms with Crippen molar-refractivity contribution >= 4 is 28.2 Å². The Bertz CT molecular complexity index is 449. The molecule has 5 heteroatoms. The molecule has 0 unspecified atom stereocenters. The van der Waals surface area contributed by atoms with Crippen LogP contribution in [0.1, 0.15) is 42.4 Å². The minimum absolute atomic E-state index is 0.0850. The van der Waals surface area contributed by atoms with Crippen LogP contribution in [-0.4, -0.2) is 17.0 Å². The summed E-state index contributed by atoms with van der Waals surface area (Å²) in [5.74, 6) is -1.04. The molecule has 17 heavy (non-hydrogen) atoms. The van der Waals surface area contributed by atoms with Crippen molar-refractivity contribution in [1.29, 1.82) is 0 Å². The predicted molar refractivity (Wildman–Crippen MR) is 68.7 cm³/mol. The lowest BCUT2D eigenvalue weighted by molar-refractivity contribution is -0.124. The van der Waals surface area contributed by atoms with Crippen molar-refractivity contribution in [2.24, 2.45) is 5.41 Å². The Morgan fingerprint density at radius 2 is 2.06 bits per heavy atom. The van der Waals surface area contributed by atoms with Gasteiger partial charge in [-0.2, -0.15) is 0 Å². The van der Waals surface area contributed by atoms with E-state index in [1.807, 2.05) is 20.8 Å². The molecule has 0 bridgehead atoms. The van der Waals surface area contributed by atoms with E-state index in [2.05, 4.69) is 5.32 Å². The van der Waals surface area contributed by atoms with Crippen molar-refractivity contribution in [3.63, 3.8) is 0 Å². The van der Waals surface area contributed by atoms with Gasteiger partial charge in [0.05, 0.1) is 5.00 Å². The third-order valence-electron chi connectivity index (χ3n) is 2.85. The van der Waals surface area contributed by atoms with Gasteiger partial charge in [-0.15, -0.1) is 11.3 Å². The van der Waals surface area contributed by atoms with Crippen LogP contribution in [0, 0.1) is 12.3 Å². The topological polar surface area (TPSA) is 66.4 Å². The second-order valence-corrected chi connectivity index (χ2v) is 5.67. The summed E-state index contributed by atoms with van der Waals surface area (Å²) in [6.45, 7) is 7.39. The number of anilines is 1. The van der Waals surface area contributed by atoms with E-state index in [1.54, 1.807) is 13.0 Å². The fourth-order valence-electron chi connectivity index (χ4n) is 1.20. The molecular weight excluding hydrogens is 238 g/mol. The average Bonchev–Trinajstić information content (AvgIpc) is 2.59. The number of carboxylic acids is 1. The number of amides is 1. The van der Waals surface area contributed by atoms with E-state index in [9.17, 15) is 9.59 Å². The molecule has 0 saturated carbocycles. The summed E-state index contributed by atoms with van der Waals surface area (Å²) in [5, 5.41) is 12.3. The molecular formula is C12H17NO3S. The summed E-state index contributed by atoms with van der Waals surface area (Å²) in [6, 6.07) is 1.69. The number of thiophene rings is 1. The molecule has 0 aromatic carbocycles. The van der Waals surface area contributed by atoms with Crippen LogP contribution >= 0.6 is 11.3 Å². The fraction of sp³-hybridized carbons (Fsp3) is 0.500. The number of carbonyl (C=O) groups is 2. The normalized spacial score (nSPS) is 11.3. The smallest absolute Gasteiger partial charge is 0.346 e. The fourth-order valence-corrected chi connectivity index (χ4v) is 2.10. The molecule has 1 heterocycles. The van der Waals surface area contributed by atoms with Crippen LogP contribution in [0.5, 0.6) is 0 Å². The van der Waals surface area contributed by atoms with Crippen molar-refractivity contribution in [3.8, 4) is 0 Å².